The number of aromatic nitrogens is 2. The average Bonchev–Trinajstić information content (AvgIpc) is 3.03. The minimum atomic E-state index is -0.499. The van der Waals surface area contributed by atoms with E-state index in [1.165, 1.54) is 19.2 Å². The third kappa shape index (κ3) is 3.48. The highest BCUT2D eigenvalue weighted by molar-refractivity contribution is 5.77. The number of halogens is 1. The maximum atomic E-state index is 13.1. The fourth-order valence-electron chi connectivity index (χ4n) is 3.35. The summed E-state index contributed by atoms with van der Waals surface area (Å²) in [6.45, 7) is 2.22. The molecule has 1 N–H and O–H groups in total. The van der Waals surface area contributed by atoms with Gasteiger partial charge in [-0.3, -0.25) is 4.79 Å². The number of nitrogens with one attached hydrogen (secondary N) is 1. The van der Waals surface area contributed by atoms with E-state index in [0.29, 0.717) is 13.0 Å². The van der Waals surface area contributed by atoms with Gasteiger partial charge in [-0.05, 0) is 43.6 Å². The zero-order valence-electron chi connectivity index (χ0n) is 13.8. The van der Waals surface area contributed by atoms with Crippen LogP contribution in [0.25, 0.3) is 0 Å². The third-order valence-corrected chi connectivity index (χ3v) is 4.76. The van der Waals surface area contributed by atoms with Crippen LogP contribution in [-0.4, -0.2) is 35.7 Å². The van der Waals surface area contributed by atoms with E-state index >= 15 is 0 Å². The van der Waals surface area contributed by atoms with Crippen molar-refractivity contribution in [2.75, 3.05) is 20.2 Å². The Hall–Kier alpha value is -2.21. The van der Waals surface area contributed by atoms with Crippen molar-refractivity contribution in [1.82, 2.24) is 14.9 Å². The molecule has 6 heteroatoms. The Morgan fingerprint density at radius 3 is 2.71 bits per heavy atom. The normalized spacial score (nSPS) is 16.8. The summed E-state index contributed by atoms with van der Waals surface area (Å²) in [5.74, 6) is -0.400. The molecule has 0 unspecified atom stereocenters. The molecule has 1 aromatic carbocycles. The summed E-state index contributed by atoms with van der Waals surface area (Å²) in [5, 5.41) is 3.29. The van der Waals surface area contributed by atoms with Gasteiger partial charge < -0.3 is 14.6 Å². The maximum Gasteiger partial charge on any atom is 0.312 e. The molecule has 0 aliphatic carbocycles. The fraction of sp³-hybridized carbons (Fsp3) is 0.444. The first kappa shape index (κ1) is 16.6. The SMILES string of the molecule is COC(=O)C1(Cc2cncn2Cc2ccc(F)cc2)CCNCC1. The number of carbonyl (C=O) groups excluding carboxylic acids is 1. The monoisotopic (exact) mass is 331 g/mol. The van der Waals surface area contributed by atoms with Gasteiger partial charge >= 0.3 is 5.97 Å². The van der Waals surface area contributed by atoms with Crippen molar-refractivity contribution in [3.05, 3.63) is 53.9 Å². The summed E-state index contributed by atoms with van der Waals surface area (Å²) in [4.78, 5) is 16.6. The van der Waals surface area contributed by atoms with Crippen LogP contribution in [0.3, 0.4) is 0 Å². The predicted molar refractivity (Wildman–Crippen MR) is 88.0 cm³/mol. The van der Waals surface area contributed by atoms with Crippen LogP contribution in [0, 0.1) is 11.2 Å². The van der Waals surface area contributed by atoms with Crippen LogP contribution in [0.4, 0.5) is 4.39 Å². The van der Waals surface area contributed by atoms with Crippen molar-refractivity contribution in [1.29, 1.82) is 0 Å². The number of ether oxygens (including phenoxy) is 1. The molecular weight excluding hydrogens is 309 g/mol. The van der Waals surface area contributed by atoms with E-state index in [0.717, 1.165) is 37.2 Å². The van der Waals surface area contributed by atoms with Crippen LogP contribution in [0.2, 0.25) is 0 Å². The number of methoxy groups -OCH3 is 1. The lowest BCUT2D eigenvalue weighted by molar-refractivity contribution is -0.154. The molecule has 24 heavy (non-hydrogen) atoms. The molecule has 1 fully saturated rings. The number of nitrogens with zero attached hydrogens (tertiary/aromatic N) is 2. The molecule has 0 atom stereocenters. The summed E-state index contributed by atoms with van der Waals surface area (Å²) in [6, 6.07) is 6.43. The minimum absolute atomic E-state index is 0.154. The van der Waals surface area contributed by atoms with Crippen LogP contribution in [0.15, 0.2) is 36.8 Å². The first-order valence-corrected chi connectivity index (χ1v) is 8.15. The zero-order chi connectivity index (χ0) is 17.0. The van der Waals surface area contributed by atoms with E-state index in [-0.39, 0.29) is 11.8 Å². The van der Waals surface area contributed by atoms with Crippen molar-refractivity contribution in [2.45, 2.75) is 25.8 Å². The van der Waals surface area contributed by atoms with E-state index in [2.05, 4.69) is 10.3 Å². The van der Waals surface area contributed by atoms with Gasteiger partial charge in [-0.2, -0.15) is 0 Å². The van der Waals surface area contributed by atoms with Crippen molar-refractivity contribution in [2.24, 2.45) is 5.41 Å². The Balaban J connectivity index is 1.80. The second kappa shape index (κ2) is 7.13. The van der Waals surface area contributed by atoms with E-state index < -0.39 is 5.41 Å². The minimum Gasteiger partial charge on any atom is -0.469 e. The first-order chi connectivity index (χ1) is 11.6. The van der Waals surface area contributed by atoms with Crippen LogP contribution in [-0.2, 0) is 22.5 Å². The number of rotatable bonds is 5. The van der Waals surface area contributed by atoms with Crippen molar-refractivity contribution in [3.8, 4) is 0 Å². The third-order valence-electron chi connectivity index (χ3n) is 4.76. The lowest BCUT2D eigenvalue weighted by Gasteiger charge is -2.35. The molecule has 2 aromatic rings. The van der Waals surface area contributed by atoms with Gasteiger partial charge in [-0.1, -0.05) is 12.1 Å². The summed E-state index contributed by atoms with van der Waals surface area (Å²) < 4.78 is 20.1. The number of hydrogen-bond donors (Lipinski definition) is 1. The molecule has 0 spiro atoms. The van der Waals surface area contributed by atoms with E-state index in [4.69, 9.17) is 4.74 Å². The molecule has 1 aliphatic rings. The molecular formula is C18H22FN3O2. The number of imidazole rings is 1. The molecule has 128 valence electrons. The fourth-order valence-corrected chi connectivity index (χ4v) is 3.35. The molecule has 0 bridgehead atoms. The van der Waals surface area contributed by atoms with Gasteiger partial charge in [0.25, 0.3) is 0 Å². The van der Waals surface area contributed by atoms with Gasteiger partial charge in [0, 0.05) is 24.9 Å². The van der Waals surface area contributed by atoms with Crippen LogP contribution >= 0.6 is 0 Å². The second-order valence-electron chi connectivity index (χ2n) is 6.34. The molecule has 1 aromatic heterocycles. The zero-order valence-corrected chi connectivity index (χ0v) is 13.8. The highest BCUT2D eigenvalue weighted by Crippen LogP contribution is 2.34. The number of carbonyl (C=O) groups is 1. The summed E-state index contributed by atoms with van der Waals surface area (Å²) >= 11 is 0. The number of hydrogen-bond acceptors (Lipinski definition) is 4. The molecule has 0 amide bonds. The Morgan fingerprint density at radius 2 is 2.04 bits per heavy atom. The highest BCUT2D eigenvalue weighted by Gasteiger charge is 2.41. The lowest BCUT2D eigenvalue weighted by atomic mass is 9.75. The largest absolute Gasteiger partial charge is 0.469 e. The van der Waals surface area contributed by atoms with Crippen LogP contribution < -0.4 is 5.32 Å². The quantitative estimate of drug-likeness (QED) is 0.853. The molecule has 2 heterocycles. The van der Waals surface area contributed by atoms with Crippen LogP contribution in [0.5, 0.6) is 0 Å². The number of piperidine rings is 1. The van der Waals surface area contributed by atoms with Crippen molar-refractivity contribution in [3.63, 3.8) is 0 Å². The molecule has 0 saturated carbocycles. The van der Waals surface area contributed by atoms with Gasteiger partial charge in [-0.15, -0.1) is 0 Å². The van der Waals surface area contributed by atoms with Gasteiger partial charge in [0.1, 0.15) is 5.82 Å². The Labute approximate surface area is 140 Å². The summed E-state index contributed by atoms with van der Waals surface area (Å²) in [5.41, 5.74) is 1.49. The van der Waals surface area contributed by atoms with Gasteiger partial charge in [0.05, 0.1) is 18.9 Å². The molecule has 3 rings (SSSR count). The van der Waals surface area contributed by atoms with E-state index in [1.807, 2.05) is 4.57 Å². The van der Waals surface area contributed by atoms with E-state index in [1.54, 1.807) is 24.7 Å². The highest BCUT2D eigenvalue weighted by atomic mass is 19.1. The van der Waals surface area contributed by atoms with E-state index in [9.17, 15) is 9.18 Å². The standard InChI is InChI=1S/C18H22FN3O2/c1-24-17(23)18(6-8-20-9-7-18)10-16-11-21-13-22(16)12-14-2-4-15(19)5-3-14/h2-5,11,13,20H,6-10,12H2,1H3. The Morgan fingerprint density at radius 1 is 1.33 bits per heavy atom. The first-order valence-electron chi connectivity index (χ1n) is 8.15. The molecule has 1 aliphatic heterocycles. The molecule has 1 saturated heterocycles. The Kier molecular flexibility index (Phi) is 4.94. The van der Waals surface area contributed by atoms with Gasteiger partial charge in [0.15, 0.2) is 0 Å². The Bertz CT molecular complexity index is 691. The number of benzene rings is 1. The van der Waals surface area contributed by atoms with Crippen molar-refractivity contribution < 1.29 is 13.9 Å². The van der Waals surface area contributed by atoms with Gasteiger partial charge in [0.2, 0.25) is 0 Å². The second-order valence-corrected chi connectivity index (χ2v) is 6.34. The topological polar surface area (TPSA) is 56.1 Å². The summed E-state index contributed by atoms with van der Waals surface area (Å²) in [6.07, 6.45) is 5.66. The smallest absolute Gasteiger partial charge is 0.312 e. The van der Waals surface area contributed by atoms with Gasteiger partial charge in [-0.25, -0.2) is 9.37 Å². The van der Waals surface area contributed by atoms with Crippen molar-refractivity contribution >= 4 is 5.97 Å². The molecule has 0 radical (unpaired) electrons. The summed E-state index contributed by atoms with van der Waals surface area (Å²) in [7, 11) is 1.45. The predicted octanol–water partition coefficient (Wildman–Crippen LogP) is 2.16. The van der Waals surface area contributed by atoms with Crippen LogP contribution in [0.1, 0.15) is 24.1 Å². The lowest BCUT2D eigenvalue weighted by Crippen LogP contribution is -2.44. The average molecular weight is 331 g/mol. The maximum absolute atomic E-state index is 13.1. The number of esters is 1. The molecule has 5 nitrogen and oxygen atoms in total.